The van der Waals surface area contributed by atoms with Crippen LogP contribution < -0.4 is 4.90 Å². The molecule has 2 aromatic carbocycles. The smallest absolute Gasteiger partial charge is 0.243 e. The Kier molecular flexibility index (Phi) is 5.37. The van der Waals surface area contributed by atoms with Crippen molar-refractivity contribution in [3.05, 3.63) is 57.6 Å². The first kappa shape index (κ1) is 19.9. The summed E-state index contributed by atoms with van der Waals surface area (Å²) in [7, 11) is -3.47. The number of sulfonamides is 1. The van der Waals surface area contributed by atoms with E-state index in [1.807, 2.05) is 32.9 Å². The Bertz CT molecular complexity index is 926. The highest BCUT2D eigenvalue weighted by molar-refractivity contribution is 7.89. The number of hydrogen-bond donors (Lipinski definition) is 0. The summed E-state index contributed by atoms with van der Waals surface area (Å²) in [6, 6.07) is 8.30. The maximum Gasteiger partial charge on any atom is 0.243 e. The highest BCUT2D eigenvalue weighted by Gasteiger charge is 2.31. The van der Waals surface area contributed by atoms with Crippen molar-refractivity contribution < 1.29 is 8.42 Å². The minimum absolute atomic E-state index is 0.476. The molecule has 146 valence electrons. The van der Waals surface area contributed by atoms with Crippen molar-refractivity contribution in [2.45, 2.75) is 46.4 Å². The third-order valence-corrected chi connectivity index (χ3v) is 7.60. The third-order valence-electron chi connectivity index (χ3n) is 5.39. The van der Waals surface area contributed by atoms with E-state index in [-0.39, 0.29) is 0 Å². The molecule has 5 heteroatoms. The van der Waals surface area contributed by atoms with Crippen LogP contribution in [-0.2, 0) is 10.0 Å². The molecule has 1 heterocycles. The Balaban J connectivity index is 1.84. The number of hydrogen-bond acceptors (Lipinski definition) is 3. The first-order valence-electron chi connectivity index (χ1n) is 9.52. The lowest BCUT2D eigenvalue weighted by molar-refractivity contribution is 0.384. The standard InChI is InChI=1S/C22H30N2O2S/c1-15-11-17(3)21(18(4)12-15)23-7-9-24(10-8-23)27(25,26)22-19(5)13-16(2)14-20(22)6/h11-14H,7-10H2,1-6H3. The number of piperazine rings is 1. The van der Waals surface area contributed by atoms with Crippen LogP contribution in [0.5, 0.6) is 0 Å². The molecule has 1 aliphatic rings. The molecular formula is C22H30N2O2S. The Morgan fingerprint density at radius 1 is 0.667 bits per heavy atom. The maximum atomic E-state index is 13.3. The zero-order chi connectivity index (χ0) is 19.9. The second kappa shape index (κ2) is 7.28. The van der Waals surface area contributed by atoms with Crippen LogP contribution in [0.1, 0.15) is 33.4 Å². The molecular weight excluding hydrogens is 356 g/mol. The largest absolute Gasteiger partial charge is 0.368 e. The Hall–Kier alpha value is -1.85. The maximum absolute atomic E-state index is 13.3. The van der Waals surface area contributed by atoms with Gasteiger partial charge in [-0.05, 0) is 63.8 Å². The van der Waals surface area contributed by atoms with Crippen LogP contribution in [0.25, 0.3) is 0 Å². The molecule has 2 aromatic rings. The van der Waals surface area contributed by atoms with E-state index >= 15 is 0 Å². The van der Waals surface area contributed by atoms with E-state index < -0.39 is 10.0 Å². The molecule has 0 aliphatic carbocycles. The fourth-order valence-corrected chi connectivity index (χ4v) is 6.36. The van der Waals surface area contributed by atoms with Crippen molar-refractivity contribution in [1.29, 1.82) is 0 Å². The molecule has 0 saturated carbocycles. The van der Waals surface area contributed by atoms with Gasteiger partial charge < -0.3 is 4.90 Å². The second-order valence-electron chi connectivity index (χ2n) is 7.87. The van der Waals surface area contributed by atoms with E-state index in [1.165, 1.54) is 22.4 Å². The second-order valence-corrected chi connectivity index (χ2v) is 9.74. The molecule has 3 rings (SSSR count). The topological polar surface area (TPSA) is 40.6 Å². The highest BCUT2D eigenvalue weighted by Crippen LogP contribution is 2.30. The molecule has 0 radical (unpaired) electrons. The predicted octanol–water partition coefficient (Wildman–Crippen LogP) is 4.05. The normalized spacial score (nSPS) is 16.0. The van der Waals surface area contributed by atoms with Gasteiger partial charge in [0.05, 0.1) is 4.90 Å². The highest BCUT2D eigenvalue weighted by atomic mass is 32.2. The summed E-state index contributed by atoms with van der Waals surface area (Å²) in [5.74, 6) is 0. The van der Waals surface area contributed by atoms with Gasteiger partial charge >= 0.3 is 0 Å². The number of aryl methyl sites for hydroxylation is 6. The van der Waals surface area contributed by atoms with Crippen molar-refractivity contribution in [2.75, 3.05) is 31.1 Å². The van der Waals surface area contributed by atoms with E-state index in [1.54, 1.807) is 4.31 Å². The molecule has 0 amide bonds. The lowest BCUT2D eigenvalue weighted by Crippen LogP contribution is -2.49. The quantitative estimate of drug-likeness (QED) is 0.799. The average molecular weight is 387 g/mol. The average Bonchev–Trinajstić information content (AvgIpc) is 2.53. The first-order valence-corrected chi connectivity index (χ1v) is 11.0. The van der Waals surface area contributed by atoms with E-state index in [0.29, 0.717) is 31.1 Å². The van der Waals surface area contributed by atoms with Crippen LogP contribution in [0.4, 0.5) is 5.69 Å². The molecule has 1 aliphatic heterocycles. The molecule has 0 N–H and O–H groups in total. The Labute approximate surface area is 163 Å². The van der Waals surface area contributed by atoms with E-state index in [0.717, 1.165) is 16.7 Å². The molecule has 0 bridgehead atoms. The molecule has 0 unspecified atom stereocenters. The van der Waals surface area contributed by atoms with E-state index in [9.17, 15) is 8.42 Å². The van der Waals surface area contributed by atoms with Gasteiger partial charge in [-0.2, -0.15) is 4.31 Å². The zero-order valence-corrected chi connectivity index (χ0v) is 18.1. The molecule has 4 nitrogen and oxygen atoms in total. The predicted molar refractivity (Wildman–Crippen MR) is 112 cm³/mol. The van der Waals surface area contributed by atoms with Crippen LogP contribution >= 0.6 is 0 Å². The van der Waals surface area contributed by atoms with Crippen molar-refractivity contribution in [2.24, 2.45) is 0 Å². The SMILES string of the molecule is Cc1cc(C)c(N2CCN(S(=O)(=O)c3c(C)cc(C)cc3C)CC2)c(C)c1. The minimum Gasteiger partial charge on any atom is -0.368 e. The summed E-state index contributed by atoms with van der Waals surface area (Å²) in [4.78, 5) is 2.80. The van der Waals surface area contributed by atoms with Gasteiger partial charge in [0, 0.05) is 31.9 Å². The lowest BCUT2D eigenvalue weighted by Gasteiger charge is -2.37. The van der Waals surface area contributed by atoms with Crippen molar-refractivity contribution in [3.63, 3.8) is 0 Å². The number of rotatable bonds is 3. The van der Waals surface area contributed by atoms with Crippen LogP contribution in [0.2, 0.25) is 0 Å². The van der Waals surface area contributed by atoms with Gasteiger partial charge in [0.2, 0.25) is 10.0 Å². The monoisotopic (exact) mass is 386 g/mol. The van der Waals surface area contributed by atoms with Crippen LogP contribution in [-0.4, -0.2) is 38.9 Å². The van der Waals surface area contributed by atoms with Crippen LogP contribution in [0, 0.1) is 41.5 Å². The summed E-state index contributed by atoms with van der Waals surface area (Å²) in [5.41, 5.74) is 7.79. The van der Waals surface area contributed by atoms with Gasteiger partial charge in [-0.25, -0.2) is 8.42 Å². The fraction of sp³-hybridized carbons (Fsp3) is 0.455. The van der Waals surface area contributed by atoms with Gasteiger partial charge in [-0.15, -0.1) is 0 Å². The van der Waals surface area contributed by atoms with Crippen molar-refractivity contribution in [1.82, 2.24) is 4.31 Å². The molecule has 27 heavy (non-hydrogen) atoms. The third kappa shape index (κ3) is 3.76. The van der Waals surface area contributed by atoms with Crippen LogP contribution in [0.3, 0.4) is 0 Å². The minimum atomic E-state index is -3.47. The molecule has 0 aromatic heterocycles. The van der Waals surface area contributed by atoms with Crippen LogP contribution in [0.15, 0.2) is 29.2 Å². The lowest BCUT2D eigenvalue weighted by atomic mass is 10.0. The molecule has 1 saturated heterocycles. The Morgan fingerprint density at radius 2 is 1.07 bits per heavy atom. The summed E-state index contributed by atoms with van der Waals surface area (Å²) in [6.45, 7) is 14.6. The Morgan fingerprint density at radius 3 is 1.52 bits per heavy atom. The van der Waals surface area contributed by atoms with Gasteiger partial charge in [0.1, 0.15) is 0 Å². The molecule has 1 fully saturated rings. The number of anilines is 1. The first-order chi connectivity index (χ1) is 12.6. The zero-order valence-electron chi connectivity index (χ0n) is 17.3. The summed E-state index contributed by atoms with van der Waals surface area (Å²) in [6.07, 6.45) is 0. The van der Waals surface area contributed by atoms with Crippen molar-refractivity contribution >= 4 is 15.7 Å². The van der Waals surface area contributed by atoms with Gasteiger partial charge in [-0.3, -0.25) is 0 Å². The van der Waals surface area contributed by atoms with E-state index in [4.69, 9.17) is 0 Å². The van der Waals surface area contributed by atoms with Gasteiger partial charge in [0.25, 0.3) is 0 Å². The van der Waals surface area contributed by atoms with E-state index in [2.05, 4.69) is 37.8 Å². The van der Waals surface area contributed by atoms with Gasteiger partial charge in [-0.1, -0.05) is 35.4 Å². The number of benzene rings is 2. The summed E-state index contributed by atoms with van der Waals surface area (Å²) in [5, 5.41) is 0. The molecule has 0 atom stereocenters. The van der Waals surface area contributed by atoms with Gasteiger partial charge in [0.15, 0.2) is 0 Å². The fourth-order valence-electron chi connectivity index (χ4n) is 4.53. The summed E-state index contributed by atoms with van der Waals surface area (Å²) >= 11 is 0. The molecule has 0 spiro atoms. The van der Waals surface area contributed by atoms with Crippen molar-refractivity contribution in [3.8, 4) is 0 Å². The number of nitrogens with zero attached hydrogens (tertiary/aromatic N) is 2. The summed E-state index contributed by atoms with van der Waals surface area (Å²) < 4.78 is 28.2.